The molecule has 3 aromatic rings. The monoisotopic (exact) mass is 287 g/mol. The number of aryl methyl sites for hydroxylation is 1. The van der Waals surface area contributed by atoms with Crippen molar-refractivity contribution in [3.05, 3.63) is 52.9 Å². The van der Waals surface area contributed by atoms with Crippen LogP contribution in [0, 0.1) is 6.92 Å². The number of alkyl halides is 1. The van der Waals surface area contributed by atoms with Gasteiger partial charge in [0.25, 0.3) is 0 Å². The third-order valence-electron chi connectivity index (χ3n) is 2.85. The third kappa shape index (κ3) is 3.64. The van der Waals surface area contributed by atoms with Gasteiger partial charge in [-0.05, 0) is 30.2 Å². The maximum atomic E-state index is 10.7. The van der Waals surface area contributed by atoms with Crippen molar-refractivity contribution in [2.75, 3.05) is 6.67 Å². The van der Waals surface area contributed by atoms with E-state index in [-0.39, 0.29) is 6.67 Å². The van der Waals surface area contributed by atoms with Crippen LogP contribution in [-0.4, -0.2) is 11.7 Å². The normalized spacial score (nSPS) is 10.2. The van der Waals surface area contributed by atoms with Crippen molar-refractivity contribution in [1.82, 2.24) is 4.98 Å². The van der Waals surface area contributed by atoms with Gasteiger partial charge in [-0.15, -0.1) is 11.3 Å². The van der Waals surface area contributed by atoms with Crippen LogP contribution in [0.15, 0.2) is 47.8 Å². The molecule has 0 atom stereocenters. The Labute approximate surface area is 123 Å². The first kappa shape index (κ1) is 14.7. The lowest BCUT2D eigenvalue weighted by molar-refractivity contribution is 0.487. The van der Waals surface area contributed by atoms with Crippen LogP contribution in [-0.2, 0) is 0 Å². The fourth-order valence-electron chi connectivity index (χ4n) is 1.84. The summed E-state index contributed by atoms with van der Waals surface area (Å²) in [4.78, 5) is 4.51. The molecule has 0 amide bonds. The number of benzene rings is 2. The highest BCUT2D eigenvalue weighted by atomic mass is 32.1. The molecule has 0 aliphatic rings. The van der Waals surface area contributed by atoms with E-state index in [1.807, 2.05) is 6.92 Å². The highest BCUT2D eigenvalue weighted by Crippen LogP contribution is 2.25. The number of aromatic nitrogens is 1. The van der Waals surface area contributed by atoms with Crippen molar-refractivity contribution >= 4 is 22.1 Å². The molecular weight excluding hydrogens is 269 g/mol. The van der Waals surface area contributed by atoms with Crippen LogP contribution >= 0.6 is 11.3 Å². The summed E-state index contributed by atoms with van der Waals surface area (Å²) in [5, 5.41) is 5.77. The van der Waals surface area contributed by atoms with E-state index in [0.29, 0.717) is 6.42 Å². The topological polar surface area (TPSA) is 12.9 Å². The van der Waals surface area contributed by atoms with Gasteiger partial charge in [0.2, 0.25) is 0 Å². The molecule has 0 aliphatic carbocycles. The lowest BCUT2D eigenvalue weighted by Gasteiger charge is -2.00. The number of rotatable bonds is 2. The maximum absolute atomic E-state index is 10.7. The molecule has 2 aromatic carbocycles. The van der Waals surface area contributed by atoms with Crippen molar-refractivity contribution in [1.29, 1.82) is 0 Å². The van der Waals surface area contributed by atoms with Gasteiger partial charge in [-0.2, -0.15) is 0 Å². The van der Waals surface area contributed by atoms with Gasteiger partial charge in [-0.25, -0.2) is 4.98 Å². The van der Waals surface area contributed by atoms with Crippen LogP contribution in [0.4, 0.5) is 4.39 Å². The maximum Gasteiger partial charge on any atom is 0.0901 e. The van der Waals surface area contributed by atoms with Gasteiger partial charge < -0.3 is 0 Å². The highest BCUT2D eigenvalue weighted by Gasteiger charge is 2.02. The number of hydrogen-bond acceptors (Lipinski definition) is 2. The van der Waals surface area contributed by atoms with E-state index in [1.165, 1.54) is 16.3 Å². The molecule has 3 rings (SSSR count). The summed E-state index contributed by atoms with van der Waals surface area (Å²) in [7, 11) is 0. The summed E-state index contributed by atoms with van der Waals surface area (Å²) in [5.74, 6) is 0. The van der Waals surface area contributed by atoms with Crippen molar-refractivity contribution in [3.63, 3.8) is 0 Å². The van der Waals surface area contributed by atoms with E-state index < -0.39 is 0 Å². The Morgan fingerprint density at radius 1 is 1.10 bits per heavy atom. The summed E-state index contributed by atoms with van der Waals surface area (Å²) in [6.07, 6.45) is 0.653. The molecule has 3 heteroatoms. The highest BCUT2D eigenvalue weighted by molar-refractivity contribution is 7.09. The zero-order valence-electron chi connectivity index (χ0n) is 11.8. The summed E-state index contributed by atoms with van der Waals surface area (Å²) < 4.78 is 10.7. The summed E-state index contributed by atoms with van der Waals surface area (Å²) in [6.45, 7) is 3.66. The summed E-state index contributed by atoms with van der Waals surface area (Å²) >= 11 is 1.69. The van der Waals surface area contributed by atoms with E-state index in [0.717, 1.165) is 10.7 Å². The van der Waals surface area contributed by atoms with Gasteiger partial charge >= 0.3 is 0 Å². The van der Waals surface area contributed by atoms with Crippen molar-refractivity contribution in [3.8, 4) is 11.3 Å². The van der Waals surface area contributed by atoms with Gasteiger partial charge in [0.1, 0.15) is 0 Å². The van der Waals surface area contributed by atoms with E-state index in [2.05, 4.69) is 52.8 Å². The Hall–Kier alpha value is -1.74. The third-order valence-corrected chi connectivity index (χ3v) is 3.63. The molecule has 1 nitrogen and oxygen atoms in total. The molecule has 0 aliphatic heterocycles. The fourth-order valence-corrected chi connectivity index (χ4v) is 2.47. The number of hydrogen-bond donors (Lipinski definition) is 0. The van der Waals surface area contributed by atoms with E-state index in [9.17, 15) is 4.39 Å². The molecule has 104 valence electrons. The molecule has 0 spiro atoms. The van der Waals surface area contributed by atoms with Gasteiger partial charge in [-0.1, -0.05) is 43.3 Å². The smallest absolute Gasteiger partial charge is 0.0901 e. The fraction of sp³-hybridized carbons (Fsp3) is 0.235. The van der Waals surface area contributed by atoms with Gasteiger partial charge in [-0.3, -0.25) is 4.39 Å². The van der Waals surface area contributed by atoms with Crippen molar-refractivity contribution < 1.29 is 4.39 Å². The number of thiazole rings is 1. The van der Waals surface area contributed by atoms with Gasteiger partial charge in [0.05, 0.1) is 17.4 Å². The van der Waals surface area contributed by atoms with E-state index in [4.69, 9.17) is 0 Å². The predicted molar refractivity (Wildman–Crippen MR) is 86.1 cm³/mol. The second-order valence-electron chi connectivity index (χ2n) is 4.50. The van der Waals surface area contributed by atoms with E-state index >= 15 is 0 Å². The molecule has 0 bridgehead atoms. The molecule has 1 heterocycles. The van der Waals surface area contributed by atoms with Crippen molar-refractivity contribution in [2.45, 2.75) is 20.3 Å². The zero-order chi connectivity index (χ0) is 14.4. The Bertz CT molecular complexity index is 673. The minimum atomic E-state index is -0.181. The van der Waals surface area contributed by atoms with Crippen molar-refractivity contribution in [2.24, 2.45) is 0 Å². The largest absolute Gasteiger partial charge is 0.251 e. The molecule has 1 aromatic heterocycles. The Balaban J connectivity index is 0.000000328. The average Bonchev–Trinajstić information content (AvgIpc) is 2.93. The number of nitrogens with zero attached hydrogens (tertiary/aromatic N) is 1. The Morgan fingerprint density at radius 2 is 1.80 bits per heavy atom. The second-order valence-corrected chi connectivity index (χ2v) is 5.56. The number of fused-ring (bicyclic) bond motifs is 1. The van der Waals surface area contributed by atoms with Gasteiger partial charge in [0, 0.05) is 10.9 Å². The zero-order valence-corrected chi connectivity index (χ0v) is 12.6. The summed E-state index contributed by atoms with van der Waals surface area (Å²) in [6, 6.07) is 14.9. The molecule has 20 heavy (non-hydrogen) atoms. The molecular formula is C17H18FNS. The summed E-state index contributed by atoms with van der Waals surface area (Å²) in [5.41, 5.74) is 2.27. The van der Waals surface area contributed by atoms with Crippen LogP contribution in [0.1, 0.15) is 18.4 Å². The van der Waals surface area contributed by atoms with Crippen LogP contribution < -0.4 is 0 Å². The molecule has 0 saturated carbocycles. The van der Waals surface area contributed by atoms with Gasteiger partial charge in [0.15, 0.2) is 0 Å². The first-order chi connectivity index (χ1) is 9.74. The molecule has 0 saturated heterocycles. The first-order valence-corrected chi connectivity index (χ1v) is 7.60. The van der Waals surface area contributed by atoms with Crippen LogP contribution in [0.3, 0.4) is 0 Å². The first-order valence-electron chi connectivity index (χ1n) is 6.72. The molecule has 0 unspecified atom stereocenters. The van der Waals surface area contributed by atoms with Crippen LogP contribution in [0.5, 0.6) is 0 Å². The number of halogens is 1. The average molecular weight is 287 g/mol. The molecule has 0 N–H and O–H groups in total. The quantitative estimate of drug-likeness (QED) is 0.594. The van der Waals surface area contributed by atoms with Crippen LogP contribution in [0.2, 0.25) is 0 Å². The van der Waals surface area contributed by atoms with Crippen LogP contribution in [0.25, 0.3) is 22.0 Å². The standard InChI is InChI=1S/C14H11NS.C3H7F/c1-10-15-14(9-16-10)13-7-6-11-4-2-3-5-12(11)8-13;1-2-3-4/h2-9H,1H3;2-3H2,1H3. The molecule has 0 radical (unpaired) electrons. The lowest BCUT2D eigenvalue weighted by atomic mass is 10.1. The Kier molecular flexibility index (Phi) is 5.24. The second kappa shape index (κ2) is 7.15. The lowest BCUT2D eigenvalue weighted by Crippen LogP contribution is -1.79. The molecule has 0 fully saturated rings. The minimum absolute atomic E-state index is 0.181. The predicted octanol–water partition coefficient (Wildman–Crippen LogP) is 5.64. The minimum Gasteiger partial charge on any atom is -0.251 e. The van der Waals surface area contributed by atoms with E-state index in [1.54, 1.807) is 18.3 Å². The SMILES string of the molecule is CCCF.Cc1nc(-c2ccc3ccccc3c2)cs1. The Morgan fingerprint density at radius 3 is 2.40 bits per heavy atom.